The molecule has 2 aliphatic rings. The lowest BCUT2D eigenvalue weighted by Gasteiger charge is -2.29. The number of hydrogen-bond acceptors (Lipinski definition) is 7. The van der Waals surface area contributed by atoms with E-state index in [4.69, 9.17) is 14.7 Å². The van der Waals surface area contributed by atoms with Crippen LogP contribution in [0.1, 0.15) is 99.6 Å². The van der Waals surface area contributed by atoms with Gasteiger partial charge in [-0.15, -0.1) is 0 Å². The molecule has 0 spiro atoms. The molecule has 2 fully saturated rings. The van der Waals surface area contributed by atoms with Gasteiger partial charge in [0.25, 0.3) is 0 Å². The number of nitrogens with zero attached hydrogens (tertiary/aromatic N) is 4. The predicted octanol–water partition coefficient (Wildman–Crippen LogP) is 4.70. The van der Waals surface area contributed by atoms with Gasteiger partial charge in [-0.05, 0) is 74.3 Å². The van der Waals surface area contributed by atoms with E-state index in [1.165, 1.54) is 18.2 Å². The minimum Gasteiger partial charge on any atom is -0.465 e. The molecule has 0 radical (unpaired) electrons. The number of carbonyl (C=O) groups is 4. The first-order valence-electron chi connectivity index (χ1n) is 18.1. The Balaban J connectivity index is 1.11. The molecule has 4 atom stereocenters. The number of hydrogen-bond donors (Lipinski definition) is 5. The quantitative estimate of drug-likeness (QED) is 0.160. The monoisotopic (exact) mass is 704 g/mol. The van der Waals surface area contributed by atoms with E-state index in [9.17, 15) is 24.3 Å². The number of benzene rings is 1. The second kappa shape index (κ2) is 16.9. The number of ether oxygens (including phenoxy) is 1. The van der Waals surface area contributed by atoms with Crippen molar-refractivity contribution in [2.75, 3.05) is 20.2 Å². The maximum Gasteiger partial charge on any atom is 0.407 e. The second-order valence-electron chi connectivity index (χ2n) is 14.3. The summed E-state index contributed by atoms with van der Waals surface area (Å²) in [6.45, 7) is 8.68. The van der Waals surface area contributed by atoms with E-state index < -0.39 is 24.3 Å². The summed E-state index contributed by atoms with van der Waals surface area (Å²) in [6, 6.07) is 6.78. The van der Waals surface area contributed by atoms with Gasteiger partial charge < -0.3 is 40.2 Å². The Morgan fingerprint density at radius 1 is 0.765 bits per heavy atom. The Kier molecular flexibility index (Phi) is 12.4. The van der Waals surface area contributed by atoms with Crippen molar-refractivity contribution in [3.63, 3.8) is 0 Å². The molecule has 1 aromatic carbocycles. The van der Waals surface area contributed by atoms with E-state index in [1.54, 1.807) is 4.90 Å². The molecule has 0 saturated carbocycles. The Morgan fingerprint density at radius 3 is 1.59 bits per heavy atom. The van der Waals surface area contributed by atoms with Gasteiger partial charge in [-0.25, -0.2) is 19.6 Å². The van der Waals surface area contributed by atoms with Crippen molar-refractivity contribution in [1.29, 1.82) is 0 Å². The topological polar surface area (TPSA) is 186 Å². The van der Waals surface area contributed by atoms with Crippen molar-refractivity contribution >= 4 is 24.0 Å². The maximum atomic E-state index is 13.4. The van der Waals surface area contributed by atoms with Crippen molar-refractivity contribution < 1.29 is 29.0 Å². The summed E-state index contributed by atoms with van der Waals surface area (Å²) >= 11 is 0. The molecule has 14 heteroatoms. The summed E-state index contributed by atoms with van der Waals surface area (Å²) in [6.07, 6.45) is 8.48. The molecule has 276 valence electrons. The van der Waals surface area contributed by atoms with E-state index in [1.807, 2.05) is 45.0 Å². The fourth-order valence-electron chi connectivity index (χ4n) is 7.10. The number of carbonyl (C=O) groups excluding carboxylic acids is 3. The molecule has 0 bridgehead atoms. The highest BCUT2D eigenvalue weighted by molar-refractivity contribution is 5.87. The highest BCUT2D eigenvalue weighted by Crippen LogP contribution is 2.33. The fourth-order valence-corrected chi connectivity index (χ4v) is 7.10. The molecule has 51 heavy (non-hydrogen) atoms. The first kappa shape index (κ1) is 37.4. The normalized spacial score (nSPS) is 18.6. The minimum absolute atomic E-state index is 0.0870. The van der Waals surface area contributed by atoms with Gasteiger partial charge in [-0.2, -0.15) is 0 Å². The van der Waals surface area contributed by atoms with Gasteiger partial charge >= 0.3 is 12.2 Å². The SMILES string of the molecule is COC(=O)N[C@H](C(=O)N1CCCC1c1nc(CCc2ccc(CCc3c[nH]c([C@@H]4CCCN4C(=O)[C@@H](NC(=O)O)C(C)C)n3)cc2)c[nH]1)C(C)C. The molecule has 2 saturated heterocycles. The summed E-state index contributed by atoms with van der Waals surface area (Å²) in [5.41, 5.74) is 4.28. The molecule has 1 unspecified atom stereocenters. The molecule has 4 amide bonds. The molecule has 2 aromatic heterocycles. The number of likely N-dealkylation sites (tertiary alicyclic amines) is 2. The van der Waals surface area contributed by atoms with Crippen LogP contribution < -0.4 is 10.6 Å². The number of amides is 4. The third-order valence-electron chi connectivity index (χ3n) is 9.97. The molecule has 5 N–H and O–H groups in total. The summed E-state index contributed by atoms with van der Waals surface area (Å²) in [5, 5.41) is 14.3. The Hall–Kier alpha value is -4.88. The van der Waals surface area contributed by atoms with E-state index in [0.717, 1.165) is 74.4 Å². The Bertz CT molecular complexity index is 1650. The number of alkyl carbamates (subject to hydrolysis) is 1. The molecular formula is C37H52N8O6. The lowest BCUT2D eigenvalue weighted by atomic mass is 10.0. The van der Waals surface area contributed by atoms with Crippen LogP contribution in [0.5, 0.6) is 0 Å². The van der Waals surface area contributed by atoms with Crippen LogP contribution in [0.3, 0.4) is 0 Å². The van der Waals surface area contributed by atoms with Gasteiger partial charge in [0.15, 0.2) is 0 Å². The molecule has 0 aliphatic carbocycles. The van der Waals surface area contributed by atoms with E-state index >= 15 is 0 Å². The third-order valence-corrected chi connectivity index (χ3v) is 9.97. The number of rotatable bonds is 14. The zero-order valence-electron chi connectivity index (χ0n) is 30.3. The minimum atomic E-state index is -1.20. The van der Waals surface area contributed by atoms with Crippen LogP contribution in [0.4, 0.5) is 9.59 Å². The van der Waals surface area contributed by atoms with Gasteiger partial charge in [0, 0.05) is 25.5 Å². The van der Waals surface area contributed by atoms with E-state index in [2.05, 4.69) is 44.9 Å². The van der Waals surface area contributed by atoms with Crippen LogP contribution in [-0.4, -0.2) is 91.1 Å². The highest BCUT2D eigenvalue weighted by atomic mass is 16.5. The molecular weight excluding hydrogens is 652 g/mol. The summed E-state index contributed by atoms with van der Waals surface area (Å²) in [5.74, 6) is 0.933. The van der Waals surface area contributed by atoms with Crippen molar-refractivity contribution in [2.45, 2.75) is 103 Å². The number of carboxylic acid groups (broad SMARTS) is 1. The molecule has 2 aliphatic heterocycles. The average Bonchev–Trinajstić information content (AvgIpc) is 3.93. The number of methoxy groups -OCH3 is 1. The van der Waals surface area contributed by atoms with Crippen LogP contribution in [0, 0.1) is 11.8 Å². The summed E-state index contributed by atoms with van der Waals surface area (Å²) < 4.78 is 4.74. The van der Waals surface area contributed by atoms with Crippen LogP contribution in [0.2, 0.25) is 0 Å². The number of aromatic nitrogens is 4. The lowest BCUT2D eigenvalue weighted by Crippen LogP contribution is -2.51. The molecule has 14 nitrogen and oxygen atoms in total. The first-order valence-corrected chi connectivity index (χ1v) is 18.1. The van der Waals surface area contributed by atoms with E-state index in [0.29, 0.717) is 13.1 Å². The van der Waals surface area contributed by atoms with Gasteiger partial charge in [-0.3, -0.25) is 9.59 Å². The lowest BCUT2D eigenvalue weighted by molar-refractivity contribution is -0.136. The largest absolute Gasteiger partial charge is 0.465 e. The zero-order chi connectivity index (χ0) is 36.7. The van der Waals surface area contributed by atoms with Crippen LogP contribution in [0.25, 0.3) is 0 Å². The zero-order valence-corrected chi connectivity index (χ0v) is 30.3. The highest BCUT2D eigenvalue weighted by Gasteiger charge is 2.38. The molecule has 3 aromatic rings. The fraction of sp³-hybridized carbons (Fsp3) is 0.568. The third kappa shape index (κ3) is 9.27. The maximum absolute atomic E-state index is 13.4. The number of imidazole rings is 2. The summed E-state index contributed by atoms with van der Waals surface area (Å²) in [7, 11) is 1.29. The van der Waals surface area contributed by atoms with Gasteiger partial charge in [0.2, 0.25) is 11.8 Å². The standard InChI is InChI=1S/C37H52N8O6/c1-22(2)30(42-36(48)49)34(46)44-18-6-8-28(44)32-38-20-26(40-32)16-14-24-10-12-25(13-11-24)15-17-27-21-39-33(41-27)29-9-7-19-45(29)35(47)31(23(3)4)43-37(50)51-5/h10-13,20-23,28-31,42H,6-9,14-19H2,1-5H3,(H,38,40)(H,39,41)(H,43,50)(H,48,49)/t28-,29?,30-,31-/m0/s1. The van der Waals surface area contributed by atoms with Gasteiger partial charge in [0.05, 0.1) is 30.6 Å². The smallest absolute Gasteiger partial charge is 0.407 e. The number of nitrogens with one attached hydrogen (secondary N) is 4. The van der Waals surface area contributed by atoms with Gasteiger partial charge in [-0.1, -0.05) is 52.0 Å². The first-order chi connectivity index (χ1) is 24.4. The van der Waals surface area contributed by atoms with Gasteiger partial charge in [0.1, 0.15) is 23.7 Å². The van der Waals surface area contributed by atoms with Crippen molar-refractivity contribution in [2.24, 2.45) is 11.8 Å². The van der Waals surface area contributed by atoms with Crippen LogP contribution >= 0.6 is 0 Å². The average molecular weight is 705 g/mol. The number of aromatic amines is 2. The van der Waals surface area contributed by atoms with Crippen molar-refractivity contribution in [3.05, 3.63) is 70.8 Å². The van der Waals surface area contributed by atoms with Crippen LogP contribution in [-0.2, 0) is 40.0 Å². The number of H-pyrrole nitrogens is 2. The molecule has 5 rings (SSSR count). The Labute approximate surface area is 299 Å². The summed E-state index contributed by atoms with van der Waals surface area (Å²) in [4.78, 5) is 69.7. The Morgan fingerprint density at radius 2 is 1.20 bits per heavy atom. The predicted molar refractivity (Wildman–Crippen MR) is 190 cm³/mol. The van der Waals surface area contributed by atoms with Crippen LogP contribution in [0.15, 0.2) is 36.7 Å². The second-order valence-corrected chi connectivity index (χ2v) is 14.3. The van der Waals surface area contributed by atoms with Crippen molar-refractivity contribution in [3.8, 4) is 0 Å². The number of aryl methyl sites for hydroxylation is 4. The van der Waals surface area contributed by atoms with Crippen molar-refractivity contribution in [1.82, 2.24) is 40.4 Å². The van der Waals surface area contributed by atoms with E-state index in [-0.39, 0.29) is 35.7 Å². The molecule has 4 heterocycles.